The van der Waals surface area contributed by atoms with E-state index in [-0.39, 0.29) is 5.41 Å². The molecule has 1 saturated carbocycles. The van der Waals surface area contributed by atoms with Crippen LogP contribution >= 0.6 is 0 Å². The van der Waals surface area contributed by atoms with E-state index in [4.69, 9.17) is 4.84 Å². The lowest BCUT2D eigenvalue weighted by atomic mass is 9.55. The van der Waals surface area contributed by atoms with E-state index >= 15 is 0 Å². The van der Waals surface area contributed by atoms with Crippen LogP contribution in [-0.2, 0) is 4.84 Å². The average Bonchev–Trinajstić information content (AvgIpc) is 2.52. The normalized spacial score (nSPS) is 36.7. The van der Waals surface area contributed by atoms with Crippen LogP contribution in [0.5, 0.6) is 0 Å². The van der Waals surface area contributed by atoms with Gasteiger partial charge in [-0.3, -0.25) is 0 Å². The molecule has 0 saturated heterocycles. The molecule has 0 spiro atoms. The summed E-state index contributed by atoms with van der Waals surface area (Å²) in [6, 6.07) is 0. The minimum absolute atomic E-state index is 0.285. The minimum atomic E-state index is 0.285. The second-order valence-corrected chi connectivity index (χ2v) is 7.15. The molecule has 0 unspecified atom stereocenters. The van der Waals surface area contributed by atoms with E-state index in [1.165, 1.54) is 19.3 Å². The Bertz CT molecular complexity index is 392. The summed E-state index contributed by atoms with van der Waals surface area (Å²) in [4.78, 5) is 5.08. The predicted octanol–water partition coefficient (Wildman–Crippen LogP) is 4.42. The minimum Gasteiger partial charge on any atom is -0.399 e. The Morgan fingerprint density at radius 1 is 1.28 bits per heavy atom. The zero-order valence-corrected chi connectivity index (χ0v) is 12.7. The van der Waals surface area contributed by atoms with Crippen molar-refractivity contribution in [1.82, 2.24) is 0 Å². The fourth-order valence-electron chi connectivity index (χ4n) is 4.52. The summed E-state index contributed by atoms with van der Waals surface area (Å²) >= 11 is 0. The van der Waals surface area contributed by atoms with Crippen molar-refractivity contribution < 1.29 is 4.84 Å². The molecular weight excluding hydrogens is 222 g/mol. The van der Waals surface area contributed by atoms with Crippen molar-refractivity contribution in [3.63, 3.8) is 0 Å². The maximum atomic E-state index is 5.08. The number of hydrogen-bond donors (Lipinski definition) is 0. The van der Waals surface area contributed by atoms with Gasteiger partial charge >= 0.3 is 0 Å². The van der Waals surface area contributed by atoms with Crippen molar-refractivity contribution in [3.8, 4) is 0 Å². The van der Waals surface area contributed by atoms with E-state index in [0.717, 1.165) is 5.71 Å². The van der Waals surface area contributed by atoms with Crippen molar-refractivity contribution >= 4 is 5.71 Å². The predicted molar refractivity (Wildman–Crippen MR) is 76.6 cm³/mol. The summed E-state index contributed by atoms with van der Waals surface area (Å²) in [6.45, 7) is 11.8. The van der Waals surface area contributed by atoms with Crippen LogP contribution in [0.25, 0.3) is 0 Å². The molecule has 2 aliphatic carbocycles. The molecule has 0 N–H and O–H groups in total. The van der Waals surface area contributed by atoms with Gasteiger partial charge in [0.2, 0.25) is 0 Å². The lowest BCUT2D eigenvalue weighted by molar-refractivity contribution is 0.0748. The van der Waals surface area contributed by atoms with Gasteiger partial charge < -0.3 is 4.84 Å². The van der Waals surface area contributed by atoms with Crippen LogP contribution in [0.4, 0.5) is 0 Å². The number of nitrogens with zero attached hydrogens (tertiary/aromatic N) is 1. The molecular formula is C16H27NO. The van der Waals surface area contributed by atoms with Crippen molar-refractivity contribution in [1.29, 1.82) is 0 Å². The molecule has 0 bridgehead atoms. The standard InChI is InChI=1S/C16H27NO/c1-11(2)12-10-13(17-18-6)14-15(3,4)8-7-9-16(12,14)5/h10-11,14H,7-9H2,1-6H3/t14-,16-/m0/s1. The Morgan fingerprint density at radius 3 is 2.50 bits per heavy atom. The number of allylic oxidation sites excluding steroid dienone is 2. The third-order valence-electron chi connectivity index (χ3n) is 5.01. The highest BCUT2D eigenvalue weighted by molar-refractivity contribution is 6.01. The molecule has 0 aliphatic heterocycles. The first-order valence-electron chi connectivity index (χ1n) is 7.16. The third kappa shape index (κ3) is 1.90. The van der Waals surface area contributed by atoms with Gasteiger partial charge in [0.25, 0.3) is 0 Å². The highest BCUT2D eigenvalue weighted by Crippen LogP contribution is 2.59. The summed E-state index contributed by atoms with van der Waals surface area (Å²) in [5.74, 6) is 1.10. The molecule has 0 radical (unpaired) electrons. The van der Waals surface area contributed by atoms with Crippen LogP contribution in [0.3, 0.4) is 0 Å². The zero-order valence-electron chi connectivity index (χ0n) is 12.7. The highest BCUT2D eigenvalue weighted by Gasteiger charge is 2.54. The van der Waals surface area contributed by atoms with Crippen molar-refractivity contribution in [2.75, 3.05) is 7.11 Å². The van der Waals surface area contributed by atoms with Gasteiger partial charge in [-0.05, 0) is 35.7 Å². The molecule has 2 atom stereocenters. The summed E-state index contributed by atoms with van der Waals surface area (Å²) < 4.78 is 0. The van der Waals surface area contributed by atoms with E-state index in [1.807, 2.05) is 0 Å². The fourth-order valence-corrected chi connectivity index (χ4v) is 4.52. The van der Waals surface area contributed by atoms with Gasteiger partial charge in [-0.25, -0.2) is 0 Å². The molecule has 0 aromatic rings. The van der Waals surface area contributed by atoms with Crippen LogP contribution in [-0.4, -0.2) is 12.8 Å². The van der Waals surface area contributed by atoms with Crippen LogP contribution < -0.4 is 0 Å². The maximum Gasteiger partial charge on any atom is 0.106 e. The van der Waals surface area contributed by atoms with E-state index in [1.54, 1.807) is 12.7 Å². The molecule has 2 rings (SSSR count). The van der Waals surface area contributed by atoms with Gasteiger partial charge in [-0.15, -0.1) is 0 Å². The smallest absolute Gasteiger partial charge is 0.106 e. The van der Waals surface area contributed by atoms with Gasteiger partial charge in [0.05, 0.1) is 5.71 Å². The summed E-state index contributed by atoms with van der Waals surface area (Å²) in [7, 11) is 1.65. The quantitative estimate of drug-likeness (QED) is 0.664. The highest BCUT2D eigenvalue weighted by atomic mass is 16.6. The molecule has 18 heavy (non-hydrogen) atoms. The van der Waals surface area contributed by atoms with Gasteiger partial charge in [0.1, 0.15) is 7.11 Å². The van der Waals surface area contributed by atoms with Crippen LogP contribution in [0.15, 0.2) is 16.8 Å². The number of rotatable bonds is 2. The first kappa shape index (κ1) is 13.6. The first-order chi connectivity index (χ1) is 8.33. The van der Waals surface area contributed by atoms with Crippen LogP contribution in [0, 0.1) is 22.7 Å². The molecule has 0 aromatic heterocycles. The molecule has 2 heteroatoms. The van der Waals surface area contributed by atoms with E-state index in [0.29, 0.717) is 17.3 Å². The largest absolute Gasteiger partial charge is 0.399 e. The van der Waals surface area contributed by atoms with E-state index < -0.39 is 0 Å². The molecule has 102 valence electrons. The van der Waals surface area contributed by atoms with Gasteiger partial charge in [0.15, 0.2) is 0 Å². The number of fused-ring (bicyclic) bond motifs is 1. The summed E-state index contributed by atoms with van der Waals surface area (Å²) in [6.07, 6.45) is 6.21. The first-order valence-corrected chi connectivity index (χ1v) is 7.16. The van der Waals surface area contributed by atoms with E-state index in [2.05, 4.69) is 45.9 Å². The van der Waals surface area contributed by atoms with Crippen LogP contribution in [0.1, 0.15) is 53.9 Å². The Balaban J connectivity index is 2.50. The fraction of sp³-hybridized carbons (Fsp3) is 0.812. The average molecular weight is 249 g/mol. The lowest BCUT2D eigenvalue weighted by Crippen LogP contribution is -2.44. The maximum absolute atomic E-state index is 5.08. The summed E-state index contributed by atoms with van der Waals surface area (Å²) in [5.41, 5.74) is 3.33. The molecule has 0 aromatic carbocycles. The number of hydrogen-bond acceptors (Lipinski definition) is 2. The van der Waals surface area contributed by atoms with Gasteiger partial charge in [-0.2, -0.15) is 0 Å². The molecule has 2 nitrogen and oxygen atoms in total. The van der Waals surface area contributed by atoms with Gasteiger partial charge in [-0.1, -0.05) is 51.8 Å². The van der Waals surface area contributed by atoms with Crippen LogP contribution in [0.2, 0.25) is 0 Å². The van der Waals surface area contributed by atoms with E-state index in [9.17, 15) is 0 Å². The monoisotopic (exact) mass is 249 g/mol. The SMILES string of the molecule is CON=C1C=C(C(C)C)[C@]2(C)CCCC(C)(C)[C@H]12. The van der Waals surface area contributed by atoms with Crippen molar-refractivity contribution in [3.05, 3.63) is 11.6 Å². The Labute approximate surface area is 111 Å². The van der Waals surface area contributed by atoms with Crippen molar-refractivity contribution in [2.24, 2.45) is 27.8 Å². The second-order valence-electron chi connectivity index (χ2n) is 7.15. The van der Waals surface area contributed by atoms with Crippen molar-refractivity contribution in [2.45, 2.75) is 53.9 Å². The third-order valence-corrected chi connectivity index (χ3v) is 5.01. The molecule has 0 amide bonds. The zero-order chi connectivity index (χ0) is 13.6. The van der Waals surface area contributed by atoms with Gasteiger partial charge in [0, 0.05) is 5.92 Å². The summed E-state index contributed by atoms with van der Waals surface area (Å²) in [5, 5.41) is 4.32. The second kappa shape index (κ2) is 4.40. The lowest BCUT2D eigenvalue weighted by Gasteiger charge is -2.49. The molecule has 0 heterocycles. The molecule has 2 aliphatic rings. The number of oxime groups is 1. The Morgan fingerprint density at radius 2 is 1.94 bits per heavy atom. The molecule has 1 fully saturated rings. The Kier molecular flexibility index (Phi) is 3.33. The Hall–Kier alpha value is -0.790. The topological polar surface area (TPSA) is 21.6 Å².